The number of hydrogen-bond acceptors (Lipinski definition) is 8. The van der Waals surface area contributed by atoms with E-state index in [0.29, 0.717) is 31.9 Å². The zero-order valence-electron chi connectivity index (χ0n) is 22.9. The van der Waals surface area contributed by atoms with Crippen LogP contribution in [0, 0.1) is 11.6 Å². The maximum Gasteiger partial charge on any atom is 0.355 e. The Morgan fingerprint density at radius 1 is 1.07 bits per heavy atom. The van der Waals surface area contributed by atoms with Gasteiger partial charge in [-0.1, -0.05) is 26.5 Å². The van der Waals surface area contributed by atoms with E-state index in [1.165, 1.54) is 35.2 Å². The third-order valence-electron chi connectivity index (χ3n) is 7.42. The van der Waals surface area contributed by atoms with Gasteiger partial charge in [0.25, 0.3) is 0 Å². The molecule has 4 aromatic rings. The highest BCUT2D eigenvalue weighted by molar-refractivity contribution is 5.98. The van der Waals surface area contributed by atoms with Crippen molar-refractivity contribution < 1.29 is 18.4 Å². The van der Waals surface area contributed by atoms with E-state index in [4.69, 9.17) is 0 Å². The molecular formula is C29H26F2N8O3. The van der Waals surface area contributed by atoms with Crippen molar-refractivity contribution >= 4 is 34.4 Å². The van der Waals surface area contributed by atoms with Crippen molar-refractivity contribution in [2.45, 2.75) is 26.2 Å². The number of nitrogens with one attached hydrogen (secondary N) is 1. The lowest BCUT2D eigenvalue weighted by molar-refractivity contribution is -0.126. The van der Waals surface area contributed by atoms with Gasteiger partial charge in [-0.15, -0.1) is 0 Å². The van der Waals surface area contributed by atoms with Crippen LogP contribution >= 0.6 is 0 Å². The second kappa shape index (κ2) is 10.4. The van der Waals surface area contributed by atoms with E-state index in [1.54, 1.807) is 9.80 Å². The van der Waals surface area contributed by atoms with Crippen molar-refractivity contribution in [1.82, 2.24) is 29.4 Å². The minimum Gasteiger partial charge on any atom is -0.352 e. The van der Waals surface area contributed by atoms with Gasteiger partial charge in [0.15, 0.2) is 11.5 Å². The van der Waals surface area contributed by atoms with E-state index in [9.17, 15) is 14.4 Å². The van der Waals surface area contributed by atoms with E-state index in [1.807, 2.05) is 13.8 Å². The van der Waals surface area contributed by atoms with Crippen LogP contribution in [0.1, 0.15) is 31.2 Å². The molecule has 1 N–H and O–H groups in total. The zero-order valence-corrected chi connectivity index (χ0v) is 22.9. The highest BCUT2D eigenvalue weighted by atomic mass is 19.1. The van der Waals surface area contributed by atoms with Gasteiger partial charge in [0.2, 0.25) is 11.8 Å². The molecule has 1 fully saturated rings. The number of anilines is 2. The average Bonchev–Trinajstić information content (AvgIpc) is 2.98. The molecule has 0 radical (unpaired) electrons. The average molecular weight is 573 g/mol. The first-order valence-corrected chi connectivity index (χ1v) is 13.4. The molecule has 6 rings (SSSR count). The quantitative estimate of drug-likeness (QED) is 0.372. The Balaban J connectivity index is 1.68. The monoisotopic (exact) mass is 572 g/mol. The number of carbonyl (C=O) groups excluding carboxylic acids is 2. The van der Waals surface area contributed by atoms with Crippen LogP contribution in [0.3, 0.4) is 0 Å². The molecule has 42 heavy (non-hydrogen) atoms. The minimum atomic E-state index is -0.871. The Morgan fingerprint density at radius 2 is 1.83 bits per heavy atom. The lowest BCUT2D eigenvalue weighted by Crippen LogP contribution is -2.49. The molecule has 13 heteroatoms. The molecule has 1 saturated heterocycles. The number of piperazine rings is 1. The van der Waals surface area contributed by atoms with Gasteiger partial charge in [0, 0.05) is 26.2 Å². The van der Waals surface area contributed by atoms with Crippen molar-refractivity contribution in [2.24, 2.45) is 0 Å². The Labute approximate surface area is 238 Å². The lowest BCUT2D eigenvalue weighted by atomic mass is 10.1. The third-order valence-corrected chi connectivity index (χ3v) is 7.42. The molecule has 0 atom stereocenters. The highest BCUT2D eigenvalue weighted by Gasteiger charge is 2.30. The fourth-order valence-corrected chi connectivity index (χ4v) is 5.43. The van der Waals surface area contributed by atoms with Gasteiger partial charge in [-0.3, -0.25) is 9.59 Å². The molecule has 3 aromatic heterocycles. The SMILES string of the molecule is C=CC(=O)N1CCN(c2nc(=O)n3c4nc(c(F)cc24)-c2c(F)cccc2NC(=O)Cc2ncnc(C(C)C)c2-3)CC1. The van der Waals surface area contributed by atoms with Crippen LogP contribution in [0.4, 0.5) is 20.3 Å². The molecule has 2 bridgehead atoms. The number of fused-ring (bicyclic) bond motifs is 5. The number of nitrogens with zero attached hydrogens (tertiary/aromatic N) is 7. The second-order valence-electron chi connectivity index (χ2n) is 10.4. The topological polar surface area (TPSA) is 126 Å². The number of amides is 2. The Hall–Kier alpha value is -5.07. The smallest absolute Gasteiger partial charge is 0.352 e. The Bertz CT molecular complexity index is 1850. The third kappa shape index (κ3) is 4.46. The number of hydrogen-bond donors (Lipinski definition) is 1. The number of aromatic nitrogens is 5. The molecule has 2 aliphatic heterocycles. The predicted molar refractivity (Wildman–Crippen MR) is 151 cm³/mol. The molecule has 2 amide bonds. The van der Waals surface area contributed by atoms with Gasteiger partial charge < -0.3 is 15.1 Å². The number of benzene rings is 1. The Morgan fingerprint density at radius 3 is 2.55 bits per heavy atom. The largest absolute Gasteiger partial charge is 0.355 e. The summed E-state index contributed by atoms with van der Waals surface area (Å²) in [5.41, 5.74) is -0.445. The molecule has 0 unspecified atom stereocenters. The number of halogens is 2. The molecule has 0 saturated carbocycles. The first-order chi connectivity index (χ1) is 20.2. The summed E-state index contributed by atoms with van der Waals surface area (Å²) in [4.78, 5) is 60.3. The van der Waals surface area contributed by atoms with E-state index >= 15 is 8.78 Å². The van der Waals surface area contributed by atoms with E-state index in [2.05, 4.69) is 31.8 Å². The van der Waals surface area contributed by atoms with E-state index in [0.717, 1.165) is 6.07 Å². The Kier molecular flexibility index (Phi) is 6.71. The van der Waals surface area contributed by atoms with Gasteiger partial charge in [-0.25, -0.2) is 33.1 Å². The summed E-state index contributed by atoms with van der Waals surface area (Å²) in [5.74, 6) is -2.46. The first-order valence-electron chi connectivity index (χ1n) is 13.4. The van der Waals surface area contributed by atoms with Crippen LogP contribution in [-0.4, -0.2) is 67.4 Å². The number of rotatable bonds is 3. The van der Waals surface area contributed by atoms with Crippen molar-refractivity contribution in [2.75, 3.05) is 36.4 Å². The molecule has 0 aliphatic carbocycles. The van der Waals surface area contributed by atoms with Crippen molar-refractivity contribution in [1.29, 1.82) is 0 Å². The number of carbonyl (C=O) groups is 2. The summed E-state index contributed by atoms with van der Waals surface area (Å²) in [6.45, 7) is 8.59. The summed E-state index contributed by atoms with van der Waals surface area (Å²) in [6, 6.07) is 5.16. The van der Waals surface area contributed by atoms with Crippen molar-refractivity contribution in [3.05, 3.63) is 76.8 Å². The van der Waals surface area contributed by atoms with Crippen LogP contribution in [-0.2, 0) is 16.0 Å². The summed E-state index contributed by atoms with van der Waals surface area (Å²) in [5, 5.41) is 2.85. The maximum atomic E-state index is 16.0. The summed E-state index contributed by atoms with van der Waals surface area (Å²) in [6.07, 6.45) is 2.27. The molecule has 5 heterocycles. The normalized spacial score (nSPS) is 14.8. The minimum absolute atomic E-state index is 0.00694. The van der Waals surface area contributed by atoms with Crippen molar-refractivity contribution in [3.8, 4) is 16.9 Å². The molecule has 11 nitrogen and oxygen atoms in total. The summed E-state index contributed by atoms with van der Waals surface area (Å²) in [7, 11) is 0. The van der Waals surface area contributed by atoms with Crippen LogP contribution in [0.5, 0.6) is 0 Å². The van der Waals surface area contributed by atoms with Crippen LogP contribution < -0.4 is 15.9 Å². The molecule has 2 aliphatic rings. The zero-order chi connectivity index (χ0) is 29.7. The standard InChI is InChI=1S/C29H26F2N8O3/c1-4-22(41)37-8-10-38(11-9-37)27-16-12-18(31)25-23-17(30)6-5-7-19(23)34-21(40)13-20-26(24(15(2)3)33-14-32-20)39(28(16)35-25)29(42)36-27/h4-7,12,14-15H,1,8-11,13H2,2-3H3,(H,34,40). The fourth-order valence-electron chi connectivity index (χ4n) is 5.43. The molecule has 214 valence electrons. The van der Waals surface area contributed by atoms with Crippen molar-refractivity contribution in [3.63, 3.8) is 0 Å². The van der Waals surface area contributed by atoms with Crippen LogP contribution in [0.25, 0.3) is 28.0 Å². The van der Waals surface area contributed by atoms with Crippen LogP contribution in [0.2, 0.25) is 0 Å². The fraction of sp³-hybridized carbons (Fsp3) is 0.276. The van der Waals surface area contributed by atoms with Gasteiger partial charge in [0.1, 0.15) is 23.7 Å². The predicted octanol–water partition coefficient (Wildman–Crippen LogP) is 2.97. The second-order valence-corrected chi connectivity index (χ2v) is 10.4. The van der Waals surface area contributed by atoms with Crippen LogP contribution in [0.15, 0.2) is 48.0 Å². The summed E-state index contributed by atoms with van der Waals surface area (Å²) >= 11 is 0. The molecule has 0 spiro atoms. The molecular weight excluding hydrogens is 546 g/mol. The molecule has 1 aromatic carbocycles. The number of pyridine rings is 1. The van der Waals surface area contributed by atoms with E-state index < -0.39 is 23.2 Å². The van der Waals surface area contributed by atoms with E-state index in [-0.39, 0.29) is 63.4 Å². The van der Waals surface area contributed by atoms with Gasteiger partial charge in [0.05, 0.1) is 40.1 Å². The maximum absolute atomic E-state index is 16.0. The first kappa shape index (κ1) is 27.1. The summed E-state index contributed by atoms with van der Waals surface area (Å²) < 4.78 is 32.4. The van der Waals surface area contributed by atoms with Gasteiger partial charge in [-0.2, -0.15) is 4.98 Å². The highest BCUT2D eigenvalue weighted by Crippen LogP contribution is 2.36. The van der Waals surface area contributed by atoms with Gasteiger partial charge >= 0.3 is 5.69 Å². The lowest BCUT2D eigenvalue weighted by Gasteiger charge is -2.35. The van der Waals surface area contributed by atoms with Gasteiger partial charge in [-0.05, 0) is 30.2 Å².